The van der Waals surface area contributed by atoms with E-state index in [1.165, 1.54) is 18.4 Å². The molecular formula is C26H41N3O2. The van der Waals surface area contributed by atoms with Crippen LogP contribution in [0.5, 0.6) is 5.75 Å². The van der Waals surface area contributed by atoms with Crippen LogP contribution in [-0.4, -0.2) is 26.2 Å². The van der Waals surface area contributed by atoms with Gasteiger partial charge in [0.15, 0.2) is 0 Å². The van der Waals surface area contributed by atoms with Crippen molar-refractivity contribution in [3.63, 3.8) is 0 Å². The van der Waals surface area contributed by atoms with E-state index in [-0.39, 0.29) is 0 Å². The first-order chi connectivity index (χ1) is 15.0. The lowest BCUT2D eigenvalue weighted by Crippen LogP contribution is -2.18. The lowest BCUT2D eigenvalue weighted by Gasteiger charge is -2.14. The van der Waals surface area contributed by atoms with Crippen LogP contribution in [0.4, 0.5) is 0 Å². The highest BCUT2D eigenvalue weighted by molar-refractivity contribution is 5.62. The van der Waals surface area contributed by atoms with Crippen LogP contribution in [0, 0.1) is 6.92 Å². The van der Waals surface area contributed by atoms with Gasteiger partial charge in [0, 0.05) is 29.9 Å². The van der Waals surface area contributed by atoms with Crippen LogP contribution >= 0.6 is 0 Å². The van der Waals surface area contributed by atoms with E-state index in [0.717, 1.165) is 79.4 Å². The minimum absolute atomic E-state index is 0.635. The molecule has 5 heteroatoms. The molecule has 1 aromatic carbocycles. The van der Waals surface area contributed by atoms with Gasteiger partial charge in [-0.2, -0.15) is 0 Å². The smallest absolute Gasteiger partial charge is 0.134 e. The fraction of sp³-hybridized carbons (Fsp3) is 0.538. The number of hydrogen-bond donors (Lipinski definition) is 3. The molecule has 0 radical (unpaired) electrons. The van der Waals surface area contributed by atoms with Crippen molar-refractivity contribution in [3.05, 3.63) is 53.4 Å². The predicted octanol–water partition coefficient (Wildman–Crippen LogP) is 5.32. The molecule has 172 valence electrons. The molecule has 4 N–H and O–H groups in total. The molecule has 0 atom stereocenters. The first-order valence-electron chi connectivity index (χ1n) is 11.7. The highest BCUT2D eigenvalue weighted by Gasteiger charge is 2.12. The van der Waals surface area contributed by atoms with Crippen molar-refractivity contribution in [1.29, 1.82) is 0 Å². The number of hydrogen-bond acceptors (Lipinski definition) is 5. The van der Waals surface area contributed by atoms with Gasteiger partial charge in [0.2, 0.25) is 0 Å². The number of nitrogens with two attached hydrogens (primary N) is 1. The number of ether oxygens (including phenoxy) is 1. The molecule has 0 aliphatic carbocycles. The summed E-state index contributed by atoms with van der Waals surface area (Å²) in [5.41, 5.74) is 10.2. The Morgan fingerprint density at radius 3 is 2.65 bits per heavy atom. The Hall–Kier alpha value is -2.24. The van der Waals surface area contributed by atoms with Gasteiger partial charge in [-0.15, -0.1) is 0 Å². The maximum Gasteiger partial charge on any atom is 0.134 e. The summed E-state index contributed by atoms with van der Waals surface area (Å²) in [5.74, 6) is 2.88. The summed E-state index contributed by atoms with van der Waals surface area (Å²) in [6.07, 6.45) is 6.52. The quantitative estimate of drug-likeness (QED) is 0.316. The van der Waals surface area contributed by atoms with Gasteiger partial charge in [-0.25, -0.2) is 0 Å². The van der Waals surface area contributed by atoms with E-state index < -0.39 is 0 Å². The second kappa shape index (κ2) is 13.9. The van der Waals surface area contributed by atoms with Gasteiger partial charge in [0.05, 0.1) is 6.61 Å². The lowest BCUT2D eigenvalue weighted by molar-refractivity contribution is 0.309. The summed E-state index contributed by atoms with van der Waals surface area (Å²) in [6, 6.07) is 8.53. The van der Waals surface area contributed by atoms with Crippen LogP contribution < -0.4 is 21.1 Å². The van der Waals surface area contributed by atoms with Crippen LogP contribution in [0.1, 0.15) is 62.8 Å². The average Bonchev–Trinajstić information content (AvgIpc) is 3.12. The monoisotopic (exact) mass is 427 g/mol. The Labute approximate surface area is 188 Å². The zero-order valence-corrected chi connectivity index (χ0v) is 19.7. The van der Waals surface area contributed by atoms with Gasteiger partial charge in [-0.1, -0.05) is 19.9 Å². The molecule has 31 heavy (non-hydrogen) atoms. The number of aryl methyl sites for hydroxylation is 2. The number of nitrogens with one attached hydrogen (secondary N) is 2. The minimum Gasteiger partial charge on any atom is -0.493 e. The molecule has 0 saturated heterocycles. The third-order valence-corrected chi connectivity index (χ3v) is 5.29. The van der Waals surface area contributed by atoms with Crippen LogP contribution in [0.15, 0.2) is 41.0 Å². The number of rotatable bonds is 16. The van der Waals surface area contributed by atoms with Crippen molar-refractivity contribution in [3.8, 4) is 17.1 Å². The molecule has 0 aliphatic rings. The molecule has 0 fully saturated rings. The molecule has 1 heterocycles. The Kier molecular flexibility index (Phi) is 11.3. The fourth-order valence-electron chi connectivity index (χ4n) is 3.45. The second-order valence-electron chi connectivity index (χ2n) is 8.20. The lowest BCUT2D eigenvalue weighted by atomic mass is 10.1. The first-order valence-corrected chi connectivity index (χ1v) is 11.7. The summed E-state index contributed by atoms with van der Waals surface area (Å²) in [7, 11) is 0. The Bertz CT molecular complexity index is 798. The maximum absolute atomic E-state index is 6.09. The molecule has 1 aromatic heterocycles. The van der Waals surface area contributed by atoms with Gasteiger partial charge in [-0.3, -0.25) is 0 Å². The Morgan fingerprint density at radius 2 is 1.90 bits per heavy atom. The standard InChI is InChI=1S/C26H41N3O2/c1-5-6-10-22-18-26(31-21(22)4)23-11-12-25(30-16-9-13-27)24(17-23)19-28-14-7-8-15-29-20(2)3/h11-12,17-18,28-29H,2,5-10,13-16,19,27H2,1,3-4H3. The largest absolute Gasteiger partial charge is 0.493 e. The van der Waals surface area contributed by atoms with Crippen molar-refractivity contribution in [2.75, 3.05) is 26.2 Å². The van der Waals surface area contributed by atoms with Gasteiger partial charge < -0.3 is 25.5 Å². The van der Waals surface area contributed by atoms with Crippen molar-refractivity contribution >= 4 is 0 Å². The normalized spacial score (nSPS) is 11.0. The van der Waals surface area contributed by atoms with Gasteiger partial charge >= 0.3 is 0 Å². The zero-order chi connectivity index (χ0) is 22.5. The van der Waals surface area contributed by atoms with Gasteiger partial charge in [-0.05, 0) is 88.9 Å². The summed E-state index contributed by atoms with van der Waals surface area (Å²) < 4.78 is 12.1. The zero-order valence-electron chi connectivity index (χ0n) is 19.7. The molecule has 0 aliphatic heterocycles. The first kappa shape index (κ1) is 25.0. The fourth-order valence-corrected chi connectivity index (χ4v) is 3.45. The van der Waals surface area contributed by atoms with Crippen LogP contribution in [-0.2, 0) is 13.0 Å². The highest BCUT2D eigenvalue weighted by atomic mass is 16.5. The molecular weight excluding hydrogens is 386 g/mol. The third kappa shape index (κ3) is 8.80. The molecule has 0 unspecified atom stereocenters. The van der Waals surface area contributed by atoms with E-state index in [0.29, 0.717) is 13.2 Å². The number of unbranched alkanes of at least 4 members (excludes halogenated alkanes) is 2. The van der Waals surface area contributed by atoms with E-state index in [2.05, 4.69) is 55.3 Å². The molecule has 0 saturated carbocycles. The topological polar surface area (TPSA) is 72.5 Å². The number of benzene rings is 1. The van der Waals surface area contributed by atoms with Gasteiger partial charge in [0.1, 0.15) is 17.3 Å². The maximum atomic E-state index is 6.09. The van der Waals surface area contributed by atoms with E-state index >= 15 is 0 Å². The van der Waals surface area contributed by atoms with Crippen molar-refractivity contribution in [2.24, 2.45) is 5.73 Å². The summed E-state index contributed by atoms with van der Waals surface area (Å²) >= 11 is 0. The predicted molar refractivity (Wildman–Crippen MR) is 130 cm³/mol. The van der Waals surface area contributed by atoms with E-state index in [9.17, 15) is 0 Å². The molecule has 0 spiro atoms. The number of allylic oxidation sites excluding steroid dienone is 1. The summed E-state index contributed by atoms with van der Waals surface area (Å²) in [4.78, 5) is 0. The van der Waals surface area contributed by atoms with Crippen LogP contribution in [0.2, 0.25) is 0 Å². The molecule has 2 aromatic rings. The molecule has 2 rings (SSSR count). The van der Waals surface area contributed by atoms with Crippen molar-refractivity contribution in [2.45, 2.75) is 65.8 Å². The average molecular weight is 428 g/mol. The molecule has 5 nitrogen and oxygen atoms in total. The highest BCUT2D eigenvalue weighted by Crippen LogP contribution is 2.30. The molecule has 0 amide bonds. The minimum atomic E-state index is 0.635. The molecule has 0 bridgehead atoms. The van der Waals surface area contributed by atoms with E-state index in [1.807, 2.05) is 6.92 Å². The van der Waals surface area contributed by atoms with Crippen molar-refractivity contribution in [1.82, 2.24) is 10.6 Å². The van der Waals surface area contributed by atoms with Crippen molar-refractivity contribution < 1.29 is 9.15 Å². The van der Waals surface area contributed by atoms with E-state index in [1.54, 1.807) is 0 Å². The Morgan fingerprint density at radius 1 is 1.10 bits per heavy atom. The van der Waals surface area contributed by atoms with E-state index in [4.69, 9.17) is 14.9 Å². The summed E-state index contributed by atoms with van der Waals surface area (Å²) in [5, 5.41) is 6.83. The van der Waals surface area contributed by atoms with Gasteiger partial charge in [0.25, 0.3) is 0 Å². The summed E-state index contributed by atoms with van der Waals surface area (Å²) in [6.45, 7) is 14.1. The Balaban J connectivity index is 2.03. The number of furan rings is 1. The van der Waals surface area contributed by atoms with Crippen LogP contribution in [0.25, 0.3) is 11.3 Å². The SMILES string of the molecule is C=C(C)NCCCCNCc1cc(-c2cc(CCCC)c(C)o2)ccc1OCCCN. The van der Waals surface area contributed by atoms with Crippen LogP contribution in [0.3, 0.4) is 0 Å². The third-order valence-electron chi connectivity index (χ3n) is 5.29. The second-order valence-corrected chi connectivity index (χ2v) is 8.20.